The number of benzene rings is 2. The molecule has 0 aliphatic carbocycles. The van der Waals surface area contributed by atoms with Crippen LogP contribution in [0.25, 0.3) is 0 Å². The number of anilines is 4. The quantitative estimate of drug-likeness (QED) is 0.205. The van der Waals surface area contributed by atoms with Crippen molar-refractivity contribution >= 4 is 72.4 Å². The first kappa shape index (κ1) is 33.0. The molecule has 30 heavy (non-hydrogen) atoms. The molecular formula is C18H30Cl4N4O4. The van der Waals surface area contributed by atoms with Crippen LogP contribution in [0.2, 0.25) is 0 Å². The summed E-state index contributed by atoms with van der Waals surface area (Å²) >= 11 is 0. The summed E-state index contributed by atoms with van der Waals surface area (Å²) < 4.78 is 21.8. The molecule has 0 aliphatic heterocycles. The molecule has 8 N–H and O–H groups in total. The van der Waals surface area contributed by atoms with Crippen LogP contribution in [0.3, 0.4) is 0 Å². The molecule has 0 saturated carbocycles. The fourth-order valence-electron chi connectivity index (χ4n) is 2.08. The number of ether oxygens (including phenoxy) is 4. The Morgan fingerprint density at radius 3 is 1.57 bits per heavy atom. The average Bonchev–Trinajstić information content (AvgIpc) is 2.62. The topological polar surface area (TPSA) is 141 Å². The molecule has 0 amide bonds. The first-order chi connectivity index (χ1) is 12.6. The fraction of sp³-hybridized carbons (Fsp3) is 0.333. The summed E-state index contributed by atoms with van der Waals surface area (Å²) in [5, 5.41) is 0. The van der Waals surface area contributed by atoms with E-state index < -0.39 is 0 Å². The van der Waals surface area contributed by atoms with Crippen molar-refractivity contribution in [1.82, 2.24) is 0 Å². The largest absolute Gasteiger partial charge is 0.491 e. The fourth-order valence-corrected chi connectivity index (χ4v) is 2.08. The summed E-state index contributed by atoms with van der Waals surface area (Å²) in [5.41, 5.74) is 25.3. The van der Waals surface area contributed by atoms with E-state index in [-0.39, 0.29) is 56.4 Å². The van der Waals surface area contributed by atoms with Gasteiger partial charge in [0, 0.05) is 29.9 Å². The van der Waals surface area contributed by atoms with Gasteiger partial charge in [-0.3, -0.25) is 0 Å². The Kier molecular flexibility index (Phi) is 19.9. The van der Waals surface area contributed by atoms with E-state index in [1.807, 2.05) is 0 Å². The van der Waals surface area contributed by atoms with E-state index >= 15 is 0 Å². The molecule has 0 bridgehead atoms. The molecule has 174 valence electrons. The Morgan fingerprint density at radius 2 is 1.03 bits per heavy atom. The van der Waals surface area contributed by atoms with Crippen LogP contribution in [0.5, 0.6) is 11.5 Å². The number of nitrogen functional groups attached to an aromatic ring is 4. The van der Waals surface area contributed by atoms with Crippen molar-refractivity contribution in [3.63, 3.8) is 0 Å². The molecule has 0 spiro atoms. The van der Waals surface area contributed by atoms with Gasteiger partial charge in [0.1, 0.15) is 24.9 Å². The highest BCUT2D eigenvalue weighted by Gasteiger charge is 2.02. The molecule has 0 heterocycles. The van der Waals surface area contributed by atoms with Crippen molar-refractivity contribution < 1.29 is 18.9 Å². The van der Waals surface area contributed by atoms with Crippen molar-refractivity contribution in [2.75, 3.05) is 56.2 Å². The number of rotatable bonds is 11. The number of halogens is 4. The van der Waals surface area contributed by atoms with E-state index in [4.69, 9.17) is 41.9 Å². The van der Waals surface area contributed by atoms with Crippen LogP contribution in [0.1, 0.15) is 6.42 Å². The second-order valence-electron chi connectivity index (χ2n) is 5.58. The highest BCUT2D eigenvalue weighted by molar-refractivity contribution is 5.86. The number of hydrogen-bond donors (Lipinski definition) is 4. The Balaban J connectivity index is -0.00000182. The van der Waals surface area contributed by atoms with Gasteiger partial charge in [-0.05, 0) is 24.3 Å². The van der Waals surface area contributed by atoms with Crippen LogP contribution in [0.4, 0.5) is 22.7 Å². The van der Waals surface area contributed by atoms with Gasteiger partial charge in [-0.1, -0.05) is 0 Å². The van der Waals surface area contributed by atoms with Gasteiger partial charge >= 0.3 is 0 Å². The van der Waals surface area contributed by atoms with Crippen LogP contribution in [0.15, 0.2) is 36.4 Å². The lowest BCUT2D eigenvalue weighted by Crippen LogP contribution is -2.11. The third kappa shape index (κ3) is 12.1. The maximum atomic E-state index is 5.80. The lowest BCUT2D eigenvalue weighted by atomic mass is 10.2. The predicted octanol–water partition coefficient (Wildman–Crippen LogP) is 3.54. The van der Waals surface area contributed by atoms with Crippen molar-refractivity contribution in [2.24, 2.45) is 0 Å². The van der Waals surface area contributed by atoms with E-state index in [0.717, 1.165) is 0 Å². The molecule has 0 saturated heterocycles. The second kappa shape index (κ2) is 18.1. The maximum Gasteiger partial charge on any atom is 0.146 e. The van der Waals surface area contributed by atoms with Crippen molar-refractivity contribution in [2.45, 2.75) is 6.42 Å². The predicted molar refractivity (Wildman–Crippen MR) is 132 cm³/mol. The molecule has 2 rings (SSSR count). The molecule has 0 aromatic heterocycles. The molecule has 0 radical (unpaired) electrons. The van der Waals surface area contributed by atoms with Crippen molar-refractivity contribution in [3.8, 4) is 11.5 Å². The molecule has 12 heteroatoms. The van der Waals surface area contributed by atoms with Crippen LogP contribution < -0.4 is 32.4 Å². The van der Waals surface area contributed by atoms with Crippen molar-refractivity contribution in [1.29, 1.82) is 0 Å². The lowest BCUT2D eigenvalue weighted by Gasteiger charge is -2.11. The smallest absolute Gasteiger partial charge is 0.146 e. The first-order valence-corrected chi connectivity index (χ1v) is 8.27. The maximum absolute atomic E-state index is 5.80. The minimum atomic E-state index is 0. The average molecular weight is 508 g/mol. The third-order valence-corrected chi connectivity index (χ3v) is 3.42. The standard InChI is InChI=1S/C18H26N4O4.4ClH/c19-13-2-4-15(21)17(10-13)25-7-1-6-23-12-24-8-9-26-18-11-14(20)3-5-16(18)22;;;;/h2-5,10-11H,1,6-9,12,19-22H2;4*1H. The van der Waals surface area contributed by atoms with E-state index in [0.29, 0.717) is 67.1 Å². The normalized spacial score (nSPS) is 9.20. The Labute approximate surface area is 201 Å². The van der Waals surface area contributed by atoms with Crippen LogP contribution in [-0.4, -0.2) is 33.2 Å². The van der Waals surface area contributed by atoms with Gasteiger partial charge in [0.15, 0.2) is 0 Å². The summed E-state index contributed by atoms with van der Waals surface area (Å²) in [6, 6.07) is 10.2. The molecule has 2 aromatic carbocycles. The third-order valence-electron chi connectivity index (χ3n) is 3.42. The monoisotopic (exact) mass is 506 g/mol. The minimum Gasteiger partial charge on any atom is -0.491 e. The number of nitrogens with two attached hydrogens (primary N) is 4. The van der Waals surface area contributed by atoms with Crippen LogP contribution in [0, 0.1) is 0 Å². The van der Waals surface area contributed by atoms with Crippen molar-refractivity contribution in [3.05, 3.63) is 36.4 Å². The Hall–Kier alpha value is -1.68. The van der Waals surface area contributed by atoms with E-state index in [2.05, 4.69) is 0 Å². The first-order valence-electron chi connectivity index (χ1n) is 8.27. The van der Waals surface area contributed by atoms with Gasteiger partial charge in [0.25, 0.3) is 0 Å². The minimum absolute atomic E-state index is 0. The van der Waals surface area contributed by atoms with E-state index in [1.165, 1.54) is 0 Å². The molecule has 8 nitrogen and oxygen atoms in total. The second-order valence-corrected chi connectivity index (χ2v) is 5.58. The van der Waals surface area contributed by atoms with E-state index in [1.54, 1.807) is 36.4 Å². The van der Waals surface area contributed by atoms with Gasteiger partial charge in [0.2, 0.25) is 0 Å². The van der Waals surface area contributed by atoms with Crippen LogP contribution >= 0.6 is 49.6 Å². The molecule has 0 unspecified atom stereocenters. The summed E-state index contributed by atoms with van der Waals surface area (Å²) in [7, 11) is 0. The zero-order chi connectivity index (χ0) is 18.8. The zero-order valence-corrected chi connectivity index (χ0v) is 19.5. The summed E-state index contributed by atoms with van der Waals surface area (Å²) in [6.07, 6.45) is 0.702. The highest BCUT2D eigenvalue weighted by Crippen LogP contribution is 2.24. The van der Waals surface area contributed by atoms with Gasteiger partial charge < -0.3 is 41.9 Å². The molecule has 0 aliphatic rings. The summed E-state index contributed by atoms with van der Waals surface area (Å²) in [5.74, 6) is 1.13. The summed E-state index contributed by atoms with van der Waals surface area (Å²) in [4.78, 5) is 0. The van der Waals surface area contributed by atoms with E-state index in [9.17, 15) is 0 Å². The van der Waals surface area contributed by atoms with Gasteiger partial charge in [0.05, 0.1) is 31.2 Å². The van der Waals surface area contributed by atoms with Gasteiger partial charge in [-0.15, -0.1) is 49.6 Å². The Morgan fingerprint density at radius 1 is 0.567 bits per heavy atom. The molecule has 2 aromatic rings. The molecule has 0 atom stereocenters. The SMILES string of the molecule is Cl.Cl.Cl.Cl.Nc1ccc(N)c(OCCCOCOCCOc2cc(N)ccc2N)c1. The zero-order valence-electron chi connectivity index (χ0n) is 16.3. The molecular weight excluding hydrogens is 478 g/mol. The van der Waals surface area contributed by atoms with Crippen LogP contribution in [-0.2, 0) is 9.47 Å². The highest BCUT2D eigenvalue weighted by atomic mass is 35.5. The Bertz CT molecular complexity index is 654. The van der Waals surface area contributed by atoms with Gasteiger partial charge in [-0.2, -0.15) is 0 Å². The lowest BCUT2D eigenvalue weighted by molar-refractivity contribution is -0.0622. The summed E-state index contributed by atoms with van der Waals surface area (Å²) in [6.45, 7) is 1.90. The number of hydrogen-bond acceptors (Lipinski definition) is 8. The molecule has 0 fully saturated rings. The van der Waals surface area contributed by atoms with Gasteiger partial charge in [-0.25, -0.2) is 0 Å².